The van der Waals surface area contributed by atoms with Gasteiger partial charge in [0.1, 0.15) is 146 Å². The second kappa shape index (κ2) is 31.5. The molecule has 0 bridgehead atoms. The van der Waals surface area contributed by atoms with Gasteiger partial charge in [0.2, 0.25) is 0 Å². The zero-order valence-electron chi connectivity index (χ0n) is 57.6. The fraction of sp³-hybridized carbons (Fsp3) is 0.970. The molecule has 0 aromatic heterocycles. The summed E-state index contributed by atoms with van der Waals surface area (Å²) < 4.78 is 71.6. The van der Waals surface area contributed by atoms with Crippen LogP contribution >= 0.6 is 0 Å². The van der Waals surface area contributed by atoms with Gasteiger partial charge in [-0.05, 0) is 99.7 Å². The summed E-state index contributed by atoms with van der Waals surface area (Å²) in [4.78, 5) is 0. The minimum absolute atomic E-state index is 0.0192. The highest BCUT2D eigenvalue weighted by Gasteiger charge is 2.71. The lowest BCUT2D eigenvalue weighted by Crippen LogP contribution is -2.66. The number of aliphatic hydroxyl groups excluding tert-OH is 21. The van der Waals surface area contributed by atoms with Crippen LogP contribution in [0.5, 0.6) is 0 Å². The Balaban J connectivity index is 0.828. The van der Waals surface area contributed by atoms with Crippen molar-refractivity contribution in [2.45, 2.75) is 315 Å². The number of fused-ring (bicyclic) bond motifs is 5. The van der Waals surface area contributed by atoms with Crippen molar-refractivity contribution in [3.05, 3.63) is 11.6 Å². The Hall–Kier alpha value is -1.62. The Morgan fingerprint density at radius 2 is 0.860 bits per heavy atom. The number of hydrogen-bond acceptors (Lipinski definition) is 34. The van der Waals surface area contributed by atoms with E-state index in [2.05, 4.69) is 33.8 Å². The largest absolute Gasteiger partial charge is 0.394 e. The predicted octanol–water partition coefficient (Wildman–Crippen LogP) is -7.58. The van der Waals surface area contributed by atoms with Crippen LogP contribution in [0.4, 0.5) is 0 Å². The van der Waals surface area contributed by atoms with E-state index in [0.717, 1.165) is 18.4 Å². The Morgan fingerprint density at radius 3 is 1.33 bits per heavy atom. The summed E-state index contributed by atoms with van der Waals surface area (Å²) in [5.41, 5.74) is -2.90. The summed E-state index contributed by atoms with van der Waals surface area (Å²) in [6.45, 7) is 11.3. The van der Waals surface area contributed by atoms with Crippen LogP contribution in [0.2, 0.25) is 0 Å². The molecule has 0 radical (unpaired) electrons. The highest BCUT2D eigenvalue weighted by molar-refractivity contribution is 5.32. The third-order valence-corrected chi connectivity index (χ3v) is 25.0. The normalized spacial score (nSPS) is 52.1. The summed E-state index contributed by atoms with van der Waals surface area (Å²) in [6.07, 6.45) is -48.5. The predicted molar refractivity (Wildman–Crippen MR) is 333 cm³/mol. The van der Waals surface area contributed by atoms with Crippen molar-refractivity contribution >= 4 is 0 Å². The molecule has 0 amide bonds. The first-order valence-electron chi connectivity index (χ1n) is 35.1. The Kier molecular flexibility index (Phi) is 25.5. The van der Waals surface area contributed by atoms with E-state index in [1.54, 1.807) is 0 Å². The molecule has 34 nitrogen and oxygen atoms in total. The van der Waals surface area contributed by atoms with Gasteiger partial charge >= 0.3 is 0 Å². The molecule has 6 saturated heterocycles. The van der Waals surface area contributed by atoms with Crippen LogP contribution in [0, 0.1) is 45.3 Å². The van der Waals surface area contributed by atoms with E-state index in [4.69, 9.17) is 56.8 Å². The summed E-state index contributed by atoms with van der Waals surface area (Å²) in [5, 5.41) is 239. The van der Waals surface area contributed by atoms with E-state index in [0.29, 0.717) is 32.1 Å². The van der Waals surface area contributed by atoms with E-state index < -0.39 is 264 Å². The molecule has 34 heteroatoms. The van der Waals surface area contributed by atoms with Crippen molar-refractivity contribution in [2.75, 3.05) is 39.6 Å². The first kappa shape index (κ1) is 80.9. The van der Waals surface area contributed by atoms with Crippen LogP contribution < -0.4 is 0 Å². The highest BCUT2D eigenvalue weighted by atomic mass is 16.8. The van der Waals surface area contributed by atoms with Gasteiger partial charge in [-0.2, -0.15) is 0 Å². The standard InChI is InChI=1S/C66H112O34/c1-24(9-13-37(63(4,5)88)98-61-55(99-58-52(86)46(80)40(74)30(20-69)93-58)49(83)43(77)33(96-61)23-90-57-51(85)45(79)39(73)29(19-68)92-57)25-15-16-64(6)34-12-10-26-27(66(34,8)35(71)17-65(25,64)7)11-14-36(62(26,2)3)97-60-54(48(82)41(75)31(21-70)94-60)100-59-53(87)47(81)42(76)32(95-59)22-89-56-50(84)44(78)38(72)28(18-67)91-56/h10,24-25,27-61,67-88H,9,11-23H2,1-8H3/t24-,25?,27?,28-,29-,30+,31-,32+,33-,34?,35-,36+,37-,38-,39-,40+,41-,42+,43-,44+,45+,46-,47-,48+,49+,50-,51-,52+,53+,54-,55-,56-,57-,58?,59-,60+,61+,64+,65-,66+/m1/s1. The monoisotopic (exact) mass is 1450 g/mol. The molecule has 9 fully saturated rings. The third-order valence-electron chi connectivity index (χ3n) is 25.0. The van der Waals surface area contributed by atoms with E-state index in [1.165, 1.54) is 13.8 Å². The molecule has 10 rings (SSSR count). The van der Waals surface area contributed by atoms with Gasteiger partial charge in [0, 0.05) is 10.8 Å². The zero-order chi connectivity index (χ0) is 73.5. The first-order chi connectivity index (χ1) is 46.9. The van der Waals surface area contributed by atoms with Gasteiger partial charge in [0.05, 0.1) is 63.6 Å². The molecule has 580 valence electrons. The summed E-state index contributed by atoms with van der Waals surface area (Å²) >= 11 is 0. The summed E-state index contributed by atoms with van der Waals surface area (Å²) in [5.74, 6) is -0.257. The van der Waals surface area contributed by atoms with Gasteiger partial charge in [-0.15, -0.1) is 0 Å². The van der Waals surface area contributed by atoms with Crippen LogP contribution in [0.1, 0.15) is 107 Å². The van der Waals surface area contributed by atoms with E-state index in [1.807, 2.05) is 13.8 Å². The van der Waals surface area contributed by atoms with E-state index in [9.17, 15) is 112 Å². The zero-order valence-corrected chi connectivity index (χ0v) is 57.6. The smallest absolute Gasteiger partial charge is 0.187 e. The molecule has 3 saturated carbocycles. The lowest BCUT2D eigenvalue weighted by Gasteiger charge is -2.67. The second-order valence-corrected chi connectivity index (χ2v) is 31.5. The van der Waals surface area contributed by atoms with Crippen molar-refractivity contribution in [1.82, 2.24) is 0 Å². The van der Waals surface area contributed by atoms with Crippen molar-refractivity contribution in [1.29, 1.82) is 0 Å². The summed E-state index contributed by atoms with van der Waals surface area (Å²) in [7, 11) is 0. The van der Waals surface area contributed by atoms with Gasteiger partial charge < -0.3 is 169 Å². The number of allylic oxidation sites excluding steroid dienone is 1. The van der Waals surface area contributed by atoms with Gasteiger partial charge in [0.15, 0.2) is 37.7 Å². The molecule has 40 atom stereocenters. The van der Waals surface area contributed by atoms with Crippen LogP contribution in [-0.4, -0.2) is 360 Å². The van der Waals surface area contributed by atoms with E-state index in [-0.39, 0.29) is 35.5 Å². The number of hydrogen-bond donors (Lipinski definition) is 22. The highest BCUT2D eigenvalue weighted by Crippen LogP contribution is 2.75. The Bertz CT molecular complexity index is 2670. The minimum Gasteiger partial charge on any atom is -0.394 e. The molecule has 10 aliphatic rings. The lowest BCUT2D eigenvalue weighted by molar-refractivity contribution is -0.380. The third kappa shape index (κ3) is 14.8. The second-order valence-electron chi connectivity index (χ2n) is 31.5. The molecule has 6 aliphatic heterocycles. The summed E-state index contributed by atoms with van der Waals surface area (Å²) in [6, 6.07) is 0. The van der Waals surface area contributed by atoms with Gasteiger partial charge in [-0.1, -0.05) is 53.2 Å². The molecular weight excluding hydrogens is 1340 g/mol. The topological polar surface area (TPSA) is 556 Å². The molecule has 0 aromatic rings. The maximum absolute atomic E-state index is 13.0. The average molecular weight is 1450 g/mol. The molecule has 0 aromatic carbocycles. The fourth-order valence-corrected chi connectivity index (χ4v) is 18.5. The minimum atomic E-state index is -1.99. The molecule has 6 heterocycles. The van der Waals surface area contributed by atoms with Crippen LogP contribution in [0.25, 0.3) is 0 Å². The Labute approximate surface area is 579 Å². The van der Waals surface area contributed by atoms with Crippen molar-refractivity contribution < 1.29 is 169 Å². The van der Waals surface area contributed by atoms with Crippen molar-refractivity contribution in [2.24, 2.45) is 45.3 Å². The maximum atomic E-state index is 13.0. The lowest BCUT2D eigenvalue weighted by atomic mass is 9.38. The molecule has 4 aliphatic carbocycles. The van der Waals surface area contributed by atoms with Gasteiger partial charge in [-0.25, -0.2) is 0 Å². The average Bonchev–Trinajstić information content (AvgIpc) is 1.33. The number of rotatable bonds is 23. The number of aliphatic hydroxyl groups is 22. The first-order valence-corrected chi connectivity index (χ1v) is 35.1. The molecule has 0 spiro atoms. The van der Waals surface area contributed by atoms with Crippen LogP contribution in [0.3, 0.4) is 0 Å². The van der Waals surface area contributed by atoms with Gasteiger partial charge in [-0.3, -0.25) is 0 Å². The van der Waals surface area contributed by atoms with Crippen molar-refractivity contribution in [3.8, 4) is 0 Å². The Morgan fingerprint density at radius 1 is 0.460 bits per heavy atom. The quantitative estimate of drug-likeness (QED) is 0.0423. The van der Waals surface area contributed by atoms with Gasteiger partial charge in [0.25, 0.3) is 0 Å². The number of ether oxygens (including phenoxy) is 12. The van der Waals surface area contributed by atoms with Crippen LogP contribution in [-0.2, 0) is 56.8 Å². The fourth-order valence-electron chi connectivity index (χ4n) is 18.5. The molecule has 100 heavy (non-hydrogen) atoms. The SMILES string of the molecule is C[C@H](CC[C@@H](O[C@@H]1O[C@H](CO[C@@H]2O[C@H](CO)[C@@H](O)[C@H](O)[C@H]2O)[C@@H](O)[C@H](O)[C@H]1OC1O[C@@H](CO)[C@H](O)[C@@H](O)[C@@H]1O)C(C)(C)O)C1CC[C@@]2(C)C3CC=C4C(CC[C@H](O[C@@H]5O[C@H](CO)[C@@H](O)[C@H](O)[C@H]5O[C@H]5O[C@@H](CO[C@@H]6O[C@H](CO)[C@@H](O)[C@H](O)[C@H]6O)[C@H](O)[C@@H](O)[C@@H]5O)C4(C)C)[C@]3(C)[C@H](O)C[C@]12C. The van der Waals surface area contributed by atoms with E-state index >= 15 is 0 Å². The molecular formula is C66H112O34. The van der Waals surface area contributed by atoms with Crippen molar-refractivity contribution in [3.63, 3.8) is 0 Å². The molecule has 22 N–H and O–H groups in total. The maximum Gasteiger partial charge on any atom is 0.187 e. The van der Waals surface area contributed by atoms with Crippen LogP contribution in [0.15, 0.2) is 11.6 Å². The molecule has 4 unspecified atom stereocenters.